The second-order valence-corrected chi connectivity index (χ2v) is 7.05. The molecular weight excluding hydrogens is 386 g/mol. The Bertz CT molecular complexity index is 813. The van der Waals surface area contributed by atoms with Crippen molar-refractivity contribution in [2.45, 2.75) is 27.3 Å². The summed E-state index contributed by atoms with van der Waals surface area (Å²) in [6, 6.07) is 1.83. The first-order valence-corrected chi connectivity index (χ1v) is 9.69. The van der Waals surface area contributed by atoms with Crippen LogP contribution in [-0.4, -0.2) is 52.3 Å². The number of H-pyrrole nitrogens is 1. The summed E-state index contributed by atoms with van der Waals surface area (Å²) in [4.78, 5) is 27.2. The number of amides is 1. The lowest BCUT2D eigenvalue weighted by atomic mass is 10.1. The fourth-order valence-electron chi connectivity index (χ4n) is 2.51. The van der Waals surface area contributed by atoms with Crippen LogP contribution in [0, 0.1) is 6.92 Å². The number of carbonyl (C=O) groups excluding carboxylic acids is 2. The van der Waals surface area contributed by atoms with Gasteiger partial charge in [0.15, 0.2) is 5.11 Å². The van der Waals surface area contributed by atoms with Gasteiger partial charge in [-0.3, -0.25) is 9.89 Å². The van der Waals surface area contributed by atoms with Crippen molar-refractivity contribution < 1.29 is 14.3 Å². The van der Waals surface area contributed by atoms with Crippen LogP contribution in [0.15, 0.2) is 12.3 Å². The van der Waals surface area contributed by atoms with Gasteiger partial charge < -0.3 is 20.3 Å². The molecule has 27 heavy (non-hydrogen) atoms. The van der Waals surface area contributed by atoms with Crippen molar-refractivity contribution in [1.29, 1.82) is 0 Å². The van der Waals surface area contributed by atoms with Gasteiger partial charge in [0.2, 0.25) is 0 Å². The fraction of sp³-hybridized carbons (Fsp3) is 0.412. The molecule has 2 rings (SSSR count). The molecule has 0 aliphatic rings. The molecule has 0 unspecified atom stereocenters. The molecule has 0 saturated carbocycles. The molecule has 2 aromatic rings. The minimum absolute atomic E-state index is 0.114. The van der Waals surface area contributed by atoms with E-state index in [-0.39, 0.29) is 5.91 Å². The molecule has 0 aliphatic carbocycles. The molecule has 0 aromatic carbocycles. The van der Waals surface area contributed by atoms with Crippen LogP contribution in [0.4, 0.5) is 5.00 Å². The predicted octanol–water partition coefficient (Wildman–Crippen LogP) is 2.53. The van der Waals surface area contributed by atoms with Crippen LogP contribution < -0.4 is 10.6 Å². The van der Waals surface area contributed by atoms with E-state index in [0.717, 1.165) is 5.69 Å². The summed E-state index contributed by atoms with van der Waals surface area (Å²) in [5.74, 6) is -0.627. The molecule has 1 amide bonds. The highest BCUT2D eigenvalue weighted by Gasteiger charge is 2.27. The Balaban J connectivity index is 2.25. The summed E-state index contributed by atoms with van der Waals surface area (Å²) in [5.41, 5.74) is 1.78. The van der Waals surface area contributed by atoms with E-state index in [1.807, 2.05) is 19.9 Å². The molecule has 0 aliphatic heterocycles. The minimum atomic E-state index is -0.513. The van der Waals surface area contributed by atoms with Crippen molar-refractivity contribution in [3.63, 3.8) is 0 Å². The Morgan fingerprint density at radius 1 is 1.37 bits per heavy atom. The quantitative estimate of drug-likeness (QED) is 0.477. The van der Waals surface area contributed by atoms with E-state index in [1.54, 1.807) is 18.0 Å². The number of aromatic amines is 1. The molecule has 3 N–H and O–H groups in total. The van der Waals surface area contributed by atoms with E-state index in [0.29, 0.717) is 45.8 Å². The van der Waals surface area contributed by atoms with Crippen molar-refractivity contribution >= 4 is 45.5 Å². The number of esters is 1. The maximum absolute atomic E-state index is 12.8. The Kier molecular flexibility index (Phi) is 7.31. The summed E-state index contributed by atoms with van der Waals surface area (Å²) in [7, 11) is 1.31. The lowest BCUT2D eigenvalue weighted by Crippen LogP contribution is -2.30. The zero-order valence-corrected chi connectivity index (χ0v) is 17.3. The van der Waals surface area contributed by atoms with Gasteiger partial charge in [-0.05, 0) is 44.6 Å². The molecule has 0 atom stereocenters. The molecule has 0 radical (unpaired) electrons. The third kappa shape index (κ3) is 4.83. The van der Waals surface area contributed by atoms with Crippen LogP contribution in [-0.2, 0) is 11.3 Å². The number of nitrogens with zero attached hydrogens (tertiary/aromatic N) is 2. The Morgan fingerprint density at radius 2 is 2.07 bits per heavy atom. The van der Waals surface area contributed by atoms with Crippen molar-refractivity contribution in [2.24, 2.45) is 0 Å². The monoisotopic (exact) mass is 409 g/mol. The van der Waals surface area contributed by atoms with Gasteiger partial charge >= 0.3 is 5.97 Å². The van der Waals surface area contributed by atoms with Crippen LogP contribution in [0.2, 0.25) is 0 Å². The van der Waals surface area contributed by atoms with Crippen LogP contribution in [0.25, 0.3) is 0 Å². The third-order valence-electron chi connectivity index (χ3n) is 4.01. The largest absolute Gasteiger partial charge is 0.465 e. The molecule has 0 bridgehead atoms. The zero-order chi connectivity index (χ0) is 20.0. The number of hydrogen-bond donors (Lipinski definition) is 3. The van der Waals surface area contributed by atoms with Crippen LogP contribution >= 0.6 is 23.6 Å². The van der Waals surface area contributed by atoms with Crippen LogP contribution in [0.3, 0.4) is 0 Å². The molecule has 10 heteroatoms. The number of thiocarbonyl (C=S) groups is 1. The van der Waals surface area contributed by atoms with Gasteiger partial charge in [-0.25, -0.2) is 4.79 Å². The highest BCUT2D eigenvalue weighted by Crippen LogP contribution is 2.34. The SMILES string of the molecule is CCN(CC)C(=O)c1sc(NC(=S)NCc2ccn[nH]2)c(C(=O)OC)c1C. The Labute approximate surface area is 167 Å². The standard InChI is InChI=1S/C17H23N5O3S2/c1-5-22(6-2)15(23)13-10(3)12(16(24)25-4)14(27-13)20-17(26)18-9-11-7-8-19-21-11/h7-8H,5-6,9H2,1-4H3,(H,19,21)(H2,18,20,26). The van der Waals surface area contributed by atoms with E-state index in [9.17, 15) is 9.59 Å². The Hall–Kier alpha value is -2.46. The van der Waals surface area contributed by atoms with Gasteiger partial charge in [0.25, 0.3) is 5.91 Å². The van der Waals surface area contributed by atoms with Gasteiger partial charge in [0, 0.05) is 19.3 Å². The smallest absolute Gasteiger partial charge is 0.341 e. The number of nitrogens with one attached hydrogen (secondary N) is 3. The van der Waals surface area contributed by atoms with Crippen molar-refractivity contribution in [3.8, 4) is 0 Å². The molecular formula is C17H23N5O3S2. The average molecular weight is 410 g/mol. The molecule has 0 saturated heterocycles. The lowest BCUT2D eigenvalue weighted by Gasteiger charge is -2.17. The number of anilines is 1. The van der Waals surface area contributed by atoms with Crippen LogP contribution in [0.1, 0.15) is 45.1 Å². The number of ether oxygens (including phenoxy) is 1. The molecule has 146 valence electrons. The summed E-state index contributed by atoms with van der Waals surface area (Å²) in [6.45, 7) is 7.21. The van der Waals surface area contributed by atoms with Gasteiger partial charge in [0.05, 0.1) is 29.8 Å². The normalized spacial score (nSPS) is 10.4. The highest BCUT2D eigenvalue weighted by atomic mass is 32.1. The van der Waals surface area contributed by atoms with Crippen molar-refractivity contribution in [3.05, 3.63) is 34.0 Å². The van der Waals surface area contributed by atoms with E-state index in [1.165, 1.54) is 18.4 Å². The first-order chi connectivity index (χ1) is 12.9. The Morgan fingerprint density at radius 3 is 2.63 bits per heavy atom. The summed E-state index contributed by atoms with van der Waals surface area (Å²) < 4.78 is 4.89. The molecule has 8 nitrogen and oxygen atoms in total. The molecule has 0 spiro atoms. The maximum Gasteiger partial charge on any atom is 0.341 e. The number of thiophene rings is 1. The molecule has 0 fully saturated rings. The number of hydrogen-bond acceptors (Lipinski definition) is 6. The van der Waals surface area contributed by atoms with E-state index in [4.69, 9.17) is 17.0 Å². The summed E-state index contributed by atoms with van der Waals surface area (Å²) in [6.07, 6.45) is 1.65. The van der Waals surface area contributed by atoms with Gasteiger partial charge in [-0.1, -0.05) is 0 Å². The second-order valence-electron chi connectivity index (χ2n) is 5.62. The topological polar surface area (TPSA) is 99.4 Å². The second kappa shape index (κ2) is 9.47. The molecule has 2 aromatic heterocycles. The number of rotatable bonds is 7. The van der Waals surface area contributed by atoms with Crippen molar-refractivity contribution in [2.75, 3.05) is 25.5 Å². The first-order valence-electron chi connectivity index (χ1n) is 8.46. The van der Waals surface area contributed by atoms with Crippen molar-refractivity contribution in [1.82, 2.24) is 20.4 Å². The lowest BCUT2D eigenvalue weighted by molar-refractivity contribution is 0.0601. The number of aromatic nitrogens is 2. The molecule has 2 heterocycles. The third-order valence-corrected chi connectivity index (χ3v) is 5.45. The number of methoxy groups -OCH3 is 1. The summed E-state index contributed by atoms with van der Waals surface area (Å²) in [5, 5.41) is 13.6. The van der Waals surface area contributed by atoms with Crippen LogP contribution in [0.5, 0.6) is 0 Å². The van der Waals surface area contributed by atoms with E-state index < -0.39 is 5.97 Å². The first kappa shape index (κ1) is 20.8. The predicted molar refractivity (Wildman–Crippen MR) is 109 cm³/mol. The maximum atomic E-state index is 12.8. The van der Waals surface area contributed by atoms with Gasteiger partial charge in [0.1, 0.15) is 5.00 Å². The van der Waals surface area contributed by atoms with E-state index in [2.05, 4.69) is 20.8 Å². The number of carbonyl (C=O) groups is 2. The fourth-order valence-corrected chi connectivity index (χ4v) is 3.92. The van der Waals surface area contributed by atoms with E-state index >= 15 is 0 Å². The van der Waals surface area contributed by atoms with Gasteiger partial charge in [-0.2, -0.15) is 5.10 Å². The highest BCUT2D eigenvalue weighted by molar-refractivity contribution is 7.80. The average Bonchev–Trinajstić information content (AvgIpc) is 3.28. The zero-order valence-electron chi connectivity index (χ0n) is 15.7. The minimum Gasteiger partial charge on any atom is -0.465 e. The van der Waals surface area contributed by atoms with Gasteiger partial charge in [-0.15, -0.1) is 11.3 Å². The summed E-state index contributed by atoms with van der Waals surface area (Å²) >= 11 is 6.51.